The lowest BCUT2D eigenvalue weighted by atomic mass is 9.53. The molecule has 2 unspecified atom stereocenters. The zero-order valence-electron chi connectivity index (χ0n) is 19.1. The van der Waals surface area contributed by atoms with Crippen LogP contribution in [0.4, 0.5) is 0 Å². The van der Waals surface area contributed by atoms with Crippen molar-refractivity contribution in [1.82, 2.24) is 4.90 Å². The van der Waals surface area contributed by atoms with Gasteiger partial charge in [-0.1, -0.05) is 18.2 Å². The van der Waals surface area contributed by atoms with Crippen LogP contribution in [-0.2, 0) is 11.8 Å². The Hall–Kier alpha value is -1.52. The third-order valence-corrected chi connectivity index (χ3v) is 5.38. The van der Waals surface area contributed by atoms with Crippen LogP contribution in [-0.4, -0.2) is 48.9 Å². The number of ether oxygens (including phenoxy) is 2. The Morgan fingerprint density at radius 2 is 2.45 bits per heavy atom. The van der Waals surface area contributed by atoms with Gasteiger partial charge in [-0.2, -0.15) is 0 Å². The number of hydrogen-bond donors (Lipinski definition) is 1. The fraction of sp³-hybridized carbons (Fsp3) is 0.556. The maximum absolute atomic E-state index is 10.7. The van der Waals surface area contributed by atoms with Crippen LogP contribution in [0.1, 0.15) is 27.1 Å². The summed E-state index contributed by atoms with van der Waals surface area (Å²) in [7, 11) is -1.02. The maximum Gasteiger partial charge on any atom is 0.165 e. The normalized spacial score (nSPS) is 55.3. The minimum absolute atomic E-state index is 0.0557. The van der Waals surface area contributed by atoms with Crippen molar-refractivity contribution in [1.29, 1.82) is 0 Å². The molecule has 1 spiro atoms. The predicted octanol–water partition coefficient (Wildman–Crippen LogP) is 1.50. The van der Waals surface area contributed by atoms with Gasteiger partial charge in [0.05, 0.1) is 12.5 Å². The second kappa shape index (κ2) is 4.06. The molecule has 0 radical (unpaired) electrons. The lowest BCUT2D eigenvalue weighted by Gasteiger charge is -2.56. The van der Waals surface area contributed by atoms with Crippen LogP contribution >= 0.6 is 0 Å². The predicted molar refractivity (Wildman–Crippen MR) is 82.5 cm³/mol. The summed E-state index contributed by atoms with van der Waals surface area (Å²) in [4.78, 5) is 1.79. The summed E-state index contributed by atoms with van der Waals surface area (Å²) in [6.45, 7) is 0.401. The molecular formula is C18H21NO3. The average molecular weight is 306 g/mol. The first-order valence-electron chi connectivity index (χ1n) is 10.9. The van der Waals surface area contributed by atoms with Gasteiger partial charge < -0.3 is 19.5 Å². The van der Waals surface area contributed by atoms with E-state index in [9.17, 15) is 6.48 Å². The third-order valence-electron chi connectivity index (χ3n) is 5.38. The molecule has 1 aromatic rings. The summed E-state index contributed by atoms with van der Waals surface area (Å²) in [5.74, 6) is -1.79. The number of aliphatic hydroxyl groups excluding tert-OH is 1. The number of hydrogen-bond acceptors (Lipinski definition) is 4. The first kappa shape index (κ1) is 7.84. The van der Waals surface area contributed by atoms with Crippen molar-refractivity contribution < 1.29 is 24.2 Å². The van der Waals surface area contributed by atoms with Crippen LogP contribution in [0.3, 0.4) is 0 Å². The molecule has 0 saturated carbocycles. The molecule has 2 bridgehead atoms. The van der Waals surface area contributed by atoms with Gasteiger partial charge in [0, 0.05) is 27.0 Å². The third kappa shape index (κ3) is 1.28. The zero-order chi connectivity index (χ0) is 21.2. The highest BCUT2D eigenvalue weighted by molar-refractivity contribution is 5.62. The Morgan fingerprint density at radius 3 is 3.32 bits per heavy atom. The van der Waals surface area contributed by atoms with Crippen molar-refractivity contribution in [2.24, 2.45) is 5.89 Å². The van der Waals surface area contributed by atoms with Gasteiger partial charge in [-0.3, -0.25) is 0 Å². The number of aliphatic hydroxyl groups is 1. The van der Waals surface area contributed by atoms with Crippen LogP contribution < -0.4 is 9.47 Å². The Labute approximate surface area is 140 Å². The van der Waals surface area contributed by atoms with Gasteiger partial charge in [-0.15, -0.1) is 0 Å². The smallest absolute Gasteiger partial charge is 0.165 e. The number of rotatable bonds is 1. The largest absolute Gasteiger partial charge is 0.493 e. The van der Waals surface area contributed by atoms with Crippen molar-refractivity contribution in [3.8, 4) is 11.5 Å². The summed E-state index contributed by atoms with van der Waals surface area (Å²) >= 11 is 0. The van der Waals surface area contributed by atoms with E-state index in [0.29, 0.717) is 6.54 Å². The van der Waals surface area contributed by atoms with E-state index >= 15 is 0 Å². The van der Waals surface area contributed by atoms with Gasteiger partial charge in [-0.25, -0.2) is 0 Å². The Kier molecular flexibility index (Phi) is 1.45. The number of nitrogens with zero attached hydrogens (tertiary/aromatic N) is 1. The minimum atomic E-state index is -2.77. The number of benzene rings is 1. The molecular weight excluding hydrogens is 278 g/mol. The van der Waals surface area contributed by atoms with Crippen molar-refractivity contribution in [2.45, 2.75) is 36.4 Å². The quantitative estimate of drug-likeness (QED) is 0.799. The van der Waals surface area contributed by atoms with E-state index in [-0.39, 0.29) is 29.0 Å². The fourth-order valence-electron chi connectivity index (χ4n) is 4.40. The lowest BCUT2D eigenvalue weighted by Crippen LogP contribution is -2.64. The summed E-state index contributed by atoms with van der Waals surface area (Å²) in [6, 6.07) is 1.89. The van der Waals surface area contributed by atoms with E-state index in [1.807, 2.05) is 0 Å². The van der Waals surface area contributed by atoms with Crippen LogP contribution in [0.15, 0.2) is 24.3 Å². The molecule has 5 atom stereocenters. The van der Waals surface area contributed by atoms with Gasteiger partial charge in [-0.05, 0) is 38.0 Å². The van der Waals surface area contributed by atoms with Crippen LogP contribution in [0, 0.1) is 5.89 Å². The van der Waals surface area contributed by atoms with Gasteiger partial charge in [0.2, 0.25) is 0 Å². The Bertz CT molecular complexity index is 950. The SMILES string of the molecule is [2H]C([2H])([2H])Oc1ccc2c3c1OC1([2H])C(O)C=C[C@@]4([2H])[C@H](N(C)CC[C@]314)C2([2H])[2H]. The molecule has 4 heteroatoms. The highest BCUT2D eigenvalue weighted by Crippen LogP contribution is 2.62. The highest BCUT2D eigenvalue weighted by atomic mass is 16.5. The molecule has 0 amide bonds. The summed E-state index contributed by atoms with van der Waals surface area (Å²) in [5.41, 5.74) is -0.834. The van der Waals surface area contributed by atoms with Crippen molar-refractivity contribution >= 4 is 0 Å². The molecule has 22 heavy (non-hydrogen) atoms. The monoisotopic (exact) mass is 306 g/mol. The van der Waals surface area contributed by atoms with E-state index in [0.717, 1.165) is 0 Å². The minimum Gasteiger partial charge on any atom is -0.493 e. The van der Waals surface area contributed by atoms with Crippen molar-refractivity contribution in [3.05, 3.63) is 35.4 Å². The topological polar surface area (TPSA) is 41.9 Å². The standard InChI is InChI=1S/C18H21NO3/c1-19-8-7-18-11-4-5-13(20)17(18)22-16-14(21-2)6-3-10(15(16)18)9-12(11)19/h3-6,11-13,17,20H,7-9H2,1-2H3/t11-,12+,13?,17?,18-/m0/s1/i2D3,9D2,11D,17D. The first-order valence-corrected chi connectivity index (χ1v) is 7.43. The number of methoxy groups -OCH3 is 1. The Balaban J connectivity index is 1.89. The van der Waals surface area contributed by atoms with Crippen LogP contribution in [0.5, 0.6) is 11.5 Å². The summed E-state index contributed by atoms with van der Waals surface area (Å²) < 4.78 is 69.6. The molecule has 4 aliphatic rings. The summed E-state index contributed by atoms with van der Waals surface area (Å²) in [6.07, 6.45) is -2.24. The van der Waals surface area contributed by atoms with Crippen LogP contribution in [0.2, 0.25) is 0 Å². The first-order chi connectivity index (χ1) is 13.3. The summed E-state index contributed by atoms with van der Waals surface area (Å²) in [5, 5.41) is 10.7. The average Bonchev–Trinajstić information content (AvgIpc) is 2.86. The van der Waals surface area contributed by atoms with Gasteiger partial charge in [0.25, 0.3) is 0 Å². The molecule has 1 fully saturated rings. The highest BCUT2D eigenvalue weighted by Gasteiger charge is 2.64. The van der Waals surface area contributed by atoms with Gasteiger partial charge in [0.15, 0.2) is 11.5 Å². The number of likely N-dealkylation sites (N-methyl/N-ethyl adjacent to an activating group) is 1. The molecule has 4 nitrogen and oxygen atoms in total. The molecule has 0 aromatic heterocycles. The zero-order valence-corrected chi connectivity index (χ0v) is 12.1. The molecule has 2 aliphatic heterocycles. The van der Waals surface area contributed by atoms with Crippen LogP contribution in [0.25, 0.3) is 0 Å². The molecule has 2 aliphatic carbocycles. The molecule has 2 heterocycles. The molecule has 5 rings (SSSR count). The van der Waals surface area contributed by atoms with Gasteiger partial charge >= 0.3 is 0 Å². The van der Waals surface area contributed by atoms with Gasteiger partial charge in [0.1, 0.15) is 12.2 Å². The van der Waals surface area contributed by atoms with E-state index in [2.05, 4.69) is 0 Å². The molecule has 1 saturated heterocycles. The van der Waals surface area contributed by atoms with E-state index < -0.39 is 42.9 Å². The molecule has 1 N–H and O–H groups in total. The van der Waals surface area contributed by atoms with E-state index in [1.165, 1.54) is 24.3 Å². The number of likely N-dealkylation sites (tertiary alicyclic amines) is 1. The fourth-order valence-corrected chi connectivity index (χ4v) is 4.40. The molecule has 116 valence electrons. The second-order valence-corrected chi connectivity index (χ2v) is 6.33. The maximum atomic E-state index is 10.7. The van der Waals surface area contributed by atoms with E-state index in [1.54, 1.807) is 11.9 Å². The van der Waals surface area contributed by atoms with E-state index in [4.69, 9.17) is 17.7 Å². The second-order valence-electron chi connectivity index (χ2n) is 6.33. The lowest BCUT2D eigenvalue weighted by molar-refractivity contribution is -0.0453. The van der Waals surface area contributed by atoms with Crippen molar-refractivity contribution in [3.63, 3.8) is 0 Å². The molecule has 1 aromatic carbocycles. The number of piperidine rings is 1. The van der Waals surface area contributed by atoms with Crippen molar-refractivity contribution in [2.75, 3.05) is 20.6 Å². The Morgan fingerprint density at radius 1 is 1.55 bits per heavy atom.